The van der Waals surface area contributed by atoms with Gasteiger partial charge in [0.1, 0.15) is 11.6 Å². The number of aryl methyl sites for hydroxylation is 2. The number of hydrogen-bond acceptors (Lipinski definition) is 6. The van der Waals surface area contributed by atoms with Crippen molar-refractivity contribution in [3.8, 4) is 11.9 Å². The topological polar surface area (TPSA) is 97.2 Å². The first-order valence-corrected chi connectivity index (χ1v) is 10.3. The molecule has 0 aliphatic carbocycles. The van der Waals surface area contributed by atoms with Gasteiger partial charge in [0.2, 0.25) is 17.7 Å². The van der Waals surface area contributed by atoms with Crippen LogP contribution in [-0.4, -0.2) is 33.7 Å². The second kappa shape index (κ2) is 7.24. The van der Waals surface area contributed by atoms with Crippen LogP contribution in [0.25, 0.3) is 0 Å². The van der Waals surface area contributed by atoms with Crippen LogP contribution in [0.4, 0.5) is 5.69 Å². The summed E-state index contributed by atoms with van der Waals surface area (Å²) in [6.07, 6.45) is 0. The molecule has 2 aliphatic rings. The van der Waals surface area contributed by atoms with Crippen molar-refractivity contribution < 1.29 is 9.53 Å². The fourth-order valence-electron chi connectivity index (χ4n) is 3.76. The third kappa shape index (κ3) is 2.92. The number of nitriles is 1. The van der Waals surface area contributed by atoms with E-state index in [9.17, 15) is 10.1 Å². The van der Waals surface area contributed by atoms with Crippen molar-refractivity contribution >= 4 is 23.4 Å². The number of benzene rings is 1. The van der Waals surface area contributed by atoms with Crippen LogP contribution < -0.4 is 15.4 Å². The fourth-order valence-corrected chi connectivity index (χ4v) is 4.55. The Morgan fingerprint density at radius 3 is 2.79 bits per heavy atom. The van der Waals surface area contributed by atoms with Crippen molar-refractivity contribution in [1.82, 2.24) is 9.78 Å². The summed E-state index contributed by atoms with van der Waals surface area (Å²) in [5.41, 5.74) is 9.92. The normalized spacial score (nSPS) is 19.2. The molecule has 1 atom stereocenters. The molecule has 2 N–H and O–H groups in total. The minimum Gasteiger partial charge on any atom is -0.422 e. The number of allylic oxidation sites excluding steroid dienone is 1. The second-order valence-electron chi connectivity index (χ2n) is 6.73. The van der Waals surface area contributed by atoms with E-state index in [4.69, 9.17) is 10.5 Å². The average Bonchev–Trinajstić information content (AvgIpc) is 3.02. The SMILES string of the molecule is CCn1nc(C)c2c1OC(N)=C(C#N)C2c1ccc(N2CCSCC2=O)cc1. The minimum atomic E-state index is -0.337. The van der Waals surface area contributed by atoms with Crippen molar-refractivity contribution in [2.24, 2.45) is 5.73 Å². The molecule has 7 nitrogen and oxygen atoms in total. The van der Waals surface area contributed by atoms with Crippen LogP contribution in [0.5, 0.6) is 5.88 Å². The molecule has 0 spiro atoms. The van der Waals surface area contributed by atoms with E-state index >= 15 is 0 Å². The van der Waals surface area contributed by atoms with E-state index in [2.05, 4.69) is 11.2 Å². The van der Waals surface area contributed by atoms with Gasteiger partial charge in [-0.2, -0.15) is 22.1 Å². The first-order chi connectivity index (χ1) is 13.5. The van der Waals surface area contributed by atoms with Crippen LogP contribution >= 0.6 is 11.8 Å². The number of rotatable bonds is 3. The highest BCUT2D eigenvalue weighted by Crippen LogP contribution is 2.44. The molecular weight excluding hydrogens is 374 g/mol. The van der Waals surface area contributed by atoms with E-state index in [0.717, 1.165) is 28.3 Å². The van der Waals surface area contributed by atoms with Gasteiger partial charge in [0, 0.05) is 24.5 Å². The Hall–Kier alpha value is -2.92. The molecule has 2 aromatic rings. The van der Waals surface area contributed by atoms with E-state index in [1.54, 1.807) is 16.4 Å². The summed E-state index contributed by atoms with van der Waals surface area (Å²) in [6, 6.07) is 9.99. The van der Waals surface area contributed by atoms with E-state index in [1.165, 1.54) is 0 Å². The molecule has 1 saturated heterocycles. The number of amides is 1. The Morgan fingerprint density at radius 2 is 2.14 bits per heavy atom. The molecule has 8 heteroatoms. The van der Waals surface area contributed by atoms with Gasteiger partial charge in [-0.25, -0.2) is 4.68 Å². The number of carbonyl (C=O) groups is 1. The summed E-state index contributed by atoms with van der Waals surface area (Å²) in [5.74, 6) is 1.94. The number of fused-ring (bicyclic) bond motifs is 1. The number of thioether (sulfide) groups is 1. The van der Waals surface area contributed by atoms with Gasteiger partial charge in [0.15, 0.2) is 0 Å². The van der Waals surface area contributed by atoms with E-state index in [-0.39, 0.29) is 17.7 Å². The largest absolute Gasteiger partial charge is 0.422 e. The van der Waals surface area contributed by atoms with Gasteiger partial charge in [-0.15, -0.1) is 0 Å². The minimum absolute atomic E-state index is 0.113. The standard InChI is InChI=1S/C20H21N5O2S/c1-3-25-20-17(12(2)23-25)18(15(10-21)19(22)27-20)13-4-6-14(7-5-13)24-8-9-28-11-16(24)26/h4-7,18H,3,8-9,11,22H2,1-2H3. The zero-order chi connectivity index (χ0) is 19.8. The number of nitrogens with two attached hydrogens (primary N) is 1. The van der Waals surface area contributed by atoms with Gasteiger partial charge in [-0.05, 0) is 31.5 Å². The lowest BCUT2D eigenvalue weighted by atomic mass is 9.84. The summed E-state index contributed by atoms with van der Waals surface area (Å²) in [7, 11) is 0. The predicted octanol–water partition coefficient (Wildman–Crippen LogP) is 2.51. The molecule has 3 heterocycles. The Labute approximate surface area is 167 Å². The third-order valence-corrected chi connectivity index (χ3v) is 6.04. The maximum absolute atomic E-state index is 12.2. The number of nitrogens with zero attached hydrogens (tertiary/aromatic N) is 4. The summed E-state index contributed by atoms with van der Waals surface area (Å²) < 4.78 is 7.50. The van der Waals surface area contributed by atoms with Crippen LogP contribution in [0.1, 0.15) is 29.7 Å². The number of aromatic nitrogens is 2. The molecule has 4 rings (SSSR count). The van der Waals surface area contributed by atoms with Crippen LogP contribution in [0.15, 0.2) is 35.7 Å². The van der Waals surface area contributed by atoms with Crippen LogP contribution in [0.2, 0.25) is 0 Å². The first kappa shape index (κ1) is 18.4. The molecule has 144 valence electrons. The lowest BCUT2D eigenvalue weighted by molar-refractivity contribution is -0.116. The summed E-state index contributed by atoms with van der Waals surface area (Å²) >= 11 is 1.66. The van der Waals surface area contributed by atoms with Crippen molar-refractivity contribution in [1.29, 1.82) is 5.26 Å². The second-order valence-corrected chi connectivity index (χ2v) is 7.84. The summed E-state index contributed by atoms with van der Waals surface area (Å²) in [5, 5.41) is 14.3. The zero-order valence-corrected chi connectivity index (χ0v) is 16.6. The van der Waals surface area contributed by atoms with Crippen molar-refractivity contribution in [2.45, 2.75) is 26.3 Å². The molecule has 2 aliphatic heterocycles. The molecule has 1 aromatic carbocycles. The Balaban J connectivity index is 1.76. The highest BCUT2D eigenvalue weighted by molar-refractivity contribution is 8.00. The van der Waals surface area contributed by atoms with E-state index in [0.29, 0.717) is 30.3 Å². The number of anilines is 1. The molecule has 0 saturated carbocycles. The average molecular weight is 395 g/mol. The molecule has 0 radical (unpaired) electrons. The zero-order valence-electron chi connectivity index (χ0n) is 15.8. The van der Waals surface area contributed by atoms with Crippen molar-refractivity contribution in [3.63, 3.8) is 0 Å². The number of ether oxygens (including phenoxy) is 1. The summed E-state index contributed by atoms with van der Waals surface area (Å²) in [4.78, 5) is 14.0. The smallest absolute Gasteiger partial charge is 0.237 e. The molecule has 0 bridgehead atoms. The van der Waals surface area contributed by atoms with Gasteiger partial charge in [0.05, 0.1) is 22.9 Å². The van der Waals surface area contributed by atoms with Crippen LogP contribution in [0, 0.1) is 18.3 Å². The van der Waals surface area contributed by atoms with Gasteiger partial charge in [-0.3, -0.25) is 4.79 Å². The fraction of sp³-hybridized carbons (Fsp3) is 0.350. The highest BCUT2D eigenvalue weighted by Gasteiger charge is 2.35. The Bertz CT molecular complexity index is 1000. The van der Waals surface area contributed by atoms with E-state index in [1.807, 2.05) is 43.0 Å². The molecule has 1 aromatic heterocycles. The van der Waals surface area contributed by atoms with Crippen molar-refractivity contribution in [3.05, 3.63) is 52.5 Å². The van der Waals surface area contributed by atoms with Gasteiger partial charge in [0.25, 0.3) is 0 Å². The first-order valence-electron chi connectivity index (χ1n) is 9.18. The monoisotopic (exact) mass is 395 g/mol. The van der Waals surface area contributed by atoms with Crippen molar-refractivity contribution in [2.75, 3.05) is 23.0 Å². The quantitative estimate of drug-likeness (QED) is 0.858. The van der Waals surface area contributed by atoms with Gasteiger partial charge < -0.3 is 15.4 Å². The molecule has 1 unspecified atom stereocenters. The predicted molar refractivity (Wildman–Crippen MR) is 108 cm³/mol. The lowest BCUT2D eigenvalue weighted by Crippen LogP contribution is -2.38. The number of carbonyl (C=O) groups excluding carboxylic acids is 1. The van der Waals surface area contributed by atoms with Crippen LogP contribution in [-0.2, 0) is 11.3 Å². The molecule has 1 amide bonds. The third-order valence-electron chi connectivity index (χ3n) is 5.12. The number of hydrogen-bond donors (Lipinski definition) is 1. The molecule has 28 heavy (non-hydrogen) atoms. The van der Waals surface area contributed by atoms with Crippen LogP contribution in [0.3, 0.4) is 0 Å². The van der Waals surface area contributed by atoms with E-state index < -0.39 is 0 Å². The molecule has 1 fully saturated rings. The maximum Gasteiger partial charge on any atom is 0.237 e. The van der Waals surface area contributed by atoms with Gasteiger partial charge >= 0.3 is 0 Å². The van der Waals surface area contributed by atoms with Gasteiger partial charge in [-0.1, -0.05) is 12.1 Å². The lowest BCUT2D eigenvalue weighted by Gasteiger charge is -2.28. The Kier molecular flexibility index (Phi) is 4.77. The molecular formula is C20H21N5O2S. The summed E-state index contributed by atoms with van der Waals surface area (Å²) in [6.45, 7) is 5.25. The highest BCUT2D eigenvalue weighted by atomic mass is 32.2. The Morgan fingerprint density at radius 1 is 1.39 bits per heavy atom. The maximum atomic E-state index is 12.2.